The van der Waals surface area contributed by atoms with Crippen LogP contribution in [-0.2, 0) is 0 Å². The Balaban J connectivity index is 2.07. The number of pyridine rings is 1. The third-order valence-corrected chi connectivity index (χ3v) is 2.51. The third kappa shape index (κ3) is 2.24. The lowest BCUT2D eigenvalue weighted by atomic mass is 10.3. The maximum absolute atomic E-state index is 13.2. The second-order valence-corrected chi connectivity index (χ2v) is 3.60. The molecule has 0 aliphatic heterocycles. The minimum atomic E-state index is -0.905. The molecule has 1 saturated carbocycles. The Hall–Kier alpha value is -1.63. The first-order valence-electron chi connectivity index (χ1n) is 4.96. The lowest BCUT2D eigenvalue weighted by Gasteiger charge is -2.14. The predicted octanol–water partition coefficient (Wildman–Crippen LogP) is 2.22. The molecular weight excluding hydrogens is 195 g/mol. The molecule has 15 heavy (non-hydrogen) atoms. The van der Waals surface area contributed by atoms with Crippen LogP contribution in [-0.4, -0.2) is 17.3 Å². The van der Waals surface area contributed by atoms with Gasteiger partial charge in [-0.1, -0.05) is 0 Å². The van der Waals surface area contributed by atoms with Crippen molar-refractivity contribution in [2.24, 2.45) is 0 Å². The fraction of sp³-hybridized carbons (Fsp3) is 0.455. The van der Waals surface area contributed by atoms with E-state index >= 15 is 0 Å². The van der Waals surface area contributed by atoms with Gasteiger partial charge in [0, 0.05) is 12.3 Å². The molecule has 1 aliphatic carbocycles. The fourth-order valence-corrected chi connectivity index (χ4v) is 1.71. The highest BCUT2D eigenvalue weighted by molar-refractivity contribution is 5.31. The van der Waals surface area contributed by atoms with Crippen molar-refractivity contribution in [3.8, 4) is 11.9 Å². The molecule has 1 aromatic rings. The highest BCUT2D eigenvalue weighted by Crippen LogP contribution is 2.26. The topological polar surface area (TPSA) is 45.9 Å². The van der Waals surface area contributed by atoms with E-state index < -0.39 is 12.3 Å². The molecule has 1 heterocycles. The number of nitrogens with zero attached hydrogens (tertiary/aromatic N) is 2. The summed E-state index contributed by atoms with van der Waals surface area (Å²) in [7, 11) is 0. The van der Waals surface area contributed by atoms with E-state index in [2.05, 4.69) is 4.98 Å². The monoisotopic (exact) mass is 206 g/mol. The van der Waals surface area contributed by atoms with E-state index in [1.165, 1.54) is 12.3 Å². The molecule has 2 atom stereocenters. The summed E-state index contributed by atoms with van der Waals surface area (Å²) in [5.74, 6) is 0.337. The summed E-state index contributed by atoms with van der Waals surface area (Å²) in [5.41, 5.74) is 0.480. The van der Waals surface area contributed by atoms with Crippen LogP contribution in [0.15, 0.2) is 18.3 Å². The third-order valence-electron chi connectivity index (χ3n) is 2.51. The van der Waals surface area contributed by atoms with Crippen molar-refractivity contribution in [3.05, 3.63) is 23.9 Å². The van der Waals surface area contributed by atoms with Gasteiger partial charge in [-0.2, -0.15) is 5.26 Å². The standard InChI is InChI=1S/C11H11FN2O/c12-9-2-1-3-10(9)15-11-6-8(7-13)4-5-14-11/h4-6,9-10H,1-3H2/t9-,10-/m1/s1. The van der Waals surface area contributed by atoms with Gasteiger partial charge in [0.1, 0.15) is 12.3 Å². The summed E-state index contributed by atoms with van der Waals surface area (Å²) >= 11 is 0. The quantitative estimate of drug-likeness (QED) is 0.745. The van der Waals surface area contributed by atoms with Gasteiger partial charge in [-0.25, -0.2) is 9.37 Å². The Morgan fingerprint density at radius 3 is 3.07 bits per heavy atom. The van der Waals surface area contributed by atoms with Gasteiger partial charge < -0.3 is 4.74 Å². The van der Waals surface area contributed by atoms with Crippen LogP contribution in [0.5, 0.6) is 5.88 Å². The van der Waals surface area contributed by atoms with Crippen LogP contribution in [0.25, 0.3) is 0 Å². The smallest absolute Gasteiger partial charge is 0.214 e. The van der Waals surface area contributed by atoms with Crippen molar-refractivity contribution < 1.29 is 9.13 Å². The molecule has 1 fully saturated rings. The van der Waals surface area contributed by atoms with Crippen LogP contribution in [0.2, 0.25) is 0 Å². The maximum Gasteiger partial charge on any atom is 0.214 e. The molecule has 4 heteroatoms. The first-order valence-corrected chi connectivity index (χ1v) is 4.96. The lowest BCUT2D eigenvalue weighted by Crippen LogP contribution is -2.22. The number of hydrogen-bond donors (Lipinski definition) is 0. The number of halogens is 1. The van der Waals surface area contributed by atoms with Crippen molar-refractivity contribution >= 4 is 0 Å². The summed E-state index contributed by atoms with van der Waals surface area (Å²) in [6, 6.07) is 5.11. The molecule has 0 radical (unpaired) electrons. The minimum absolute atomic E-state index is 0.337. The lowest BCUT2D eigenvalue weighted by molar-refractivity contribution is 0.120. The molecule has 1 aromatic heterocycles. The first kappa shape index (κ1) is 9.91. The molecule has 0 unspecified atom stereocenters. The van der Waals surface area contributed by atoms with Crippen molar-refractivity contribution in [2.45, 2.75) is 31.5 Å². The normalized spacial score (nSPS) is 24.8. The largest absolute Gasteiger partial charge is 0.471 e. The number of rotatable bonds is 2. The summed E-state index contributed by atoms with van der Waals surface area (Å²) in [5, 5.41) is 8.67. The van der Waals surface area contributed by atoms with Crippen LogP contribution < -0.4 is 4.74 Å². The number of ether oxygens (including phenoxy) is 1. The molecule has 2 rings (SSSR count). The molecule has 0 bridgehead atoms. The maximum atomic E-state index is 13.2. The van der Waals surface area contributed by atoms with E-state index in [0.717, 1.165) is 12.8 Å². The molecule has 0 saturated heterocycles. The van der Waals surface area contributed by atoms with E-state index in [4.69, 9.17) is 10.00 Å². The fourth-order valence-electron chi connectivity index (χ4n) is 1.71. The zero-order valence-electron chi connectivity index (χ0n) is 8.19. The molecule has 0 spiro atoms. The van der Waals surface area contributed by atoms with E-state index in [9.17, 15) is 4.39 Å². The van der Waals surface area contributed by atoms with E-state index in [-0.39, 0.29) is 0 Å². The second kappa shape index (κ2) is 4.26. The summed E-state index contributed by atoms with van der Waals surface area (Å²) in [6.07, 6.45) is 2.33. The van der Waals surface area contributed by atoms with Crippen LogP contribution in [0.3, 0.4) is 0 Å². The molecule has 0 amide bonds. The van der Waals surface area contributed by atoms with Gasteiger partial charge in [0.2, 0.25) is 5.88 Å². The highest BCUT2D eigenvalue weighted by atomic mass is 19.1. The van der Waals surface area contributed by atoms with Gasteiger partial charge in [-0.3, -0.25) is 0 Å². The average Bonchev–Trinajstić information content (AvgIpc) is 2.65. The van der Waals surface area contributed by atoms with E-state index in [0.29, 0.717) is 17.9 Å². The zero-order valence-corrected chi connectivity index (χ0v) is 8.19. The molecule has 78 valence electrons. The predicted molar refractivity (Wildman–Crippen MR) is 52.1 cm³/mol. The highest BCUT2D eigenvalue weighted by Gasteiger charge is 2.28. The average molecular weight is 206 g/mol. The molecule has 3 nitrogen and oxygen atoms in total. The van der Waals surface area contributed by atoms with Crippen LogP contribution >= 0.6 is 0 Å². The SMILES string of the molecule is N#Cc1ccnc(O[C@@H]2CCC[C@H]2F)c1. The van der Waals surface area contributed by atoms with Crippen molar-refractivity contribution in [2.75, 3.05) is 0 Å². The van der Waals surface area contributed by atoms with E-state index in [1.807, 2.05) is 6.07 Å². The van der Waals surface area contributed by atoms with Crippen molar-refractivity contribution in [3.63, 3.8) is 0 Å². The van der Waals surface area contributed by atoms with Gasteiger partial charge >= 0.3 is 0 Å². The Morgan fingerprint density at radius 1 is 1.53 bits per heavy atom. The van der Waals surface area contributed by atoms with Gasteiger partial charge in [-0.05, 0) is 25.3 Å². The van der Waals surface area contributed by atoms with Gasteiger partial charge in [0.05, 0.1) is 11.6 Å². The van der Waals surface area contributed by atoms with Crippen molar-refractivity contribution in [1.29, 1.82) is 5.26 Å². The summed E-state index contributed by atoms with van der Waals surface area (Å²) in [6.45, 7) is 0. The Labute approximate surface area is 87.5 Å². The van der Waals surface area contributed by atoms with Gasteiger partial charge in [0.15, 0.2) is 0 Å². The van der Waals surface area contributed by atoms with Crippen molar-refractivity contribution in [1.82, 2.24) is 4.98 Å². The number of alkyl halides is 1. The van der Waals surface area contributed by atoms with Crippen LogP contribution in [0.1, 0.15) is 24.8 Å². The van der Waals surface area contributed by atoms with Crippen LogP contribution in [0, 0.1) is 11.3 Å². The molecule has 1 aliphatic rings. The number of hydrogen-bond acceptors (Lipinski definition) is 3. The summed E-state index contributed by atoms with van der Waals surface area (Å²) in [4.78, 5) is 3.95. The summed E-state index contributed by atoms with van der Waals surface area (Å²) < 4.78 is 18.6. The first-order chi connectivity index (χ1) is 7.29. The minimum Gasteiger partial charge on any atom is -0.471 e. The Morgan fingerprint density at radius 2 is 2.40 bits per heavy atom. The second-order valence-electron chi connectivity index (χ2n) is 3.60. The van der Waals surface area contributed by atoms with Crippen LogP contribution in [0.4, 0.5) is 4.39 Å². The van der Waals surface area contributed by atoms with E-state index in [1.54, 1.807) is 6.07 Å². The van der Waals surface area contributed by atoms with Gasteiger partial charge in [-0.15, -0.1) is 0 Å². The molecular formula is C11H11FN2O. The zero-order chi connectivity index (χ0) is 10.7. The number of aromatic nitrogens is 1. The number of nitriles is 1. The Kier molecular flexibility index (Phi) is 2.82. The molecule has 0 N–H and O–H groups in total. The Bertz CT molecular complexity index is 388. The van der Waals surface area contributed by atoms with Gasteiger partial charge in [0.25, 0.3) is 0 Å². The molecule has 0 aromatic carbocycles.